The molecule has 1 fully saturated rings. The van der Waals surface area contributed by atoms with Gasteiger partial charge >= 0.3 is 5.97 Å². The quantitative estimate of drug-likeness (QED) is 0.618. The summed E-state index contributed by atoms with van der Waals surface area (Å²) in [5.41, 5.74) is -0.378. The lowest BCUT2D eigenvalue weighted by Crippen LogP contribution is -2.47. The highest BCUT2D eigenvalue weighted by atomic mass is 79.9. The lowest BCUT2D eigenvalue weighted by Gasteiger charge is -2.31. The smallest absolute Gasteiger partial charge is 0.322 e. The monoisotopic (exact) mass is 392 g/mol. The highest BCUT2D eigenvalue weighted by Crippen LogP contribution is 2.30. The Kier molecular flexibility index (Phi) is 4.83. The normalized spacial score (nSPS) is 19.8. The minimum Gasteiger partial charge on any atom is -0.480 e. The number of nitro benzene ring substituents is 1. The number of nitrogens with zero attached hydrogens (tertiary/aromatic N) is 2. The molecule has 1 saturated heterocycles. The fraction of sp³-hybridized carbons (Fsp3) is 0.417. The van der Waals surface area contributed by atoms with Crippen molar-refractivity contribution in [2.24, 2.45) is 0 Å². The van der Waals surface area contributed by atoms with Crippen LogP contribution in [0.2, 0.25) is 0 Å². The average Bonchev–Trinajstić information content (AvgIpc) is 2.46. The summed E-state index contributed by atoms with van der Waals surface area (Å²) >= 11 is 3.04. The predicted octanol–water partition coefficient (Wildman–Crippen LogP) is 1.99. The zero-order valence-corrected chi connectivity index (χ0v) is 13.7. The van der Waals surface area contributed by atoms with Gasteiger partial charge in [-0.1, -0.05) is 15.9 Å². The third-order valence-electron chi connectivity index (χ3n) is 3.41. The second-order valence-corrected chi connectivity index (χ2v) is 7.67. The number of aliphatic carboxylic acids is 1. The number of carbonyl (C=O) groups is 1. The number of benzene rings is 1. The largest absolute Gasteiger partial charge is 0.480 e. The standard InChI is InChI=1S/C12H13BrN2O6S/c13-8-5-9(15(18)19)7-10(6-8)22(20,21)14-4-2-1-3-11(14)12(16)17/h5-7,11H,1-4H2,(H,16,17). The Morgan fingerprint density at radius 1 is 1.36 bits per heavy atom. The number of halogens is 1. The molecule has 1 aromatic carbocycles. The first-order valence-corrected chi connectivity index (χ1v) is 8.66. The van der Waals surface area contributed by atoms with Crippen molar-refractivity contribution >= 4 is 37.6 Å². The van der Waals surface area contributed by atoms with E-state index < -0.39 is 27.0 Å². The van der Waals surface area contributed by atoms with Gasteiger partial charge in [0.15, 0.2) is 0 Å². The number of carboxylic acid groups (broad SMARTS) is 1. The number of hydrogen-bond donors (Lipinski definition) is 1. The summed E-state index contributed by atoms with van der Waals surface area (Å²) in [5, 5.41) is 20.1. The molecule has 0 aliphatic carbocycles. The summed E-state index contributed by atoms with van der Waals surface area (Å²) in [6, 6.07) is 2.21. The number of carboxylic acids is 1. The van der Waals surface area contributed by atoms with Gasteiger partial charge in [0.05, 0.1) is 9.82 Å². The van der Waals surface area contributed by atoms with Crippen molar-refractivity contribution in [3.05, 3.63) is 32.8 Å². The van der Waals surface area contributed by atoms with Gasteiger partial charge in [-0.15, -0.1) is 0 Å². The van der Waals surface area contributed by atoms with E-state index >= 15 is 0 Å². The fourth-order valence-corrected chi connectivity index (χ4v) is 4.73. The topological polar surface area (TPSA) is 118 Å². The Morgan fingerprint density at radius 3 is 2.64 bits per heavy atom. The molecule has 8 nitrogen and oxygen atoms in total. The maximum Gasteiger partial charge on any atom is 0.322 e. The van der Waals surface area contributed by atoms with E-state index in [0.29, 0.717) is 12.8 Å². The molecule has 2 rings (SSSR count). The highest BCUT2D eigenvalue weighted by Gasteiger charge is 2.38. The molecule has 0 saturated carbocycles. The molecule has 1 unspecified atom stereocenters. The van der Waals surface area contributed by atoms with E-state index in [1.54, 1.807) is 0 Å². The second kappa shape index (κ2) is 6.31. The van der Waals surface area contributed by atoms with Crippen LogP contribution in [0.1, 0.15) is 19.3 Å². The van der Waals surface area contributed by atoms with Gasteiger partial charge in [-0.3, -0.25) is 14.9 Å². The number of sulfonamides is 1. The van der Waals surface area contributed by atoms with Crippen LogP contribution in [0.15, 0.2) is 27.6 Å². The molecule has 1 atom stereocenters. The molecule has 0 spiro atoms. The van der Waals surface area contributed by atoms with Crippen molar-refractivity contribution in [2.75, 3.05) is 6.54 Å². The average molecular weight is 393 g/mol. The summed E-state index contributed by atoms with van der Waals surface area (Å²) in [4.78, 5) is 21.1. The maximum atomic E-state index is 12.6. The van der Waals surface area contributed by atoms with E-state index in [2.05, 4.69) is 15.9 Å². The number of non-ortho nitro benzene ring substituents is 1. The Labute approximate surface area is 135 Å². The van der Waals surface area contributed by atoms with Crippen molar-refractivity contribution in [2.45, 2.75) is 30.2 Å². The lowest BCUT2D eigenvalue weighted by molar-refractivity contribution is -0.385. The fourth-order valence-electron chi connectivity index (χ4n) is 2.38. The van der Waals surface area contributed by atoms with Crippen molar-refractivity contribution in [3.63, 3.8) is 0 Å². The van der Waals surface area contributed by atoms with Crippen LogP contribution in [-0.2, 0) is 14.8 Å². The van der Waals surface area contributed by atoms with Crippen LogP contribution < -0.4 is 0 Å². The third kappa shape index (κ3) is 3.28. The minimum absolute atomic E-state index is 0.0829. The molecule has 1 aliphatic heterocycles. The van der Waals surface area contributed by atoms with Gasteiger partial charge in [0.1, 0.15) is 6.04 Å². The molecule has 0 radical (unpaired) electrons. The Bertz CT molecular complexity index is 720. The van der Waals surface area contributed by atoms with E-state index in [-0.39, 0.29) is 28.0 Å². The third-order valence-corrected chi connectivity index (χ3v) is 5.76. The van der Waals surface area contributed by atoms with Crippen LogP contribution in [0.4, 0.5) is 5.69 Å². The molecule has 1 heterocycles. The lowest BCUT2D eigenvalue weighted by atomic mass is 10.1. The van der Waals surface area contributed by atoms with Crippen molar-refractivity contribution in [1.29, 1.82) is 0 Å². The van der Waals surface area contributed by atoms with Crippen LogP contribution >= 0.6 is 15.9 Å². The van der Waals surface area contributed by atoms with Crippen LogP contribution in [0.25, 0.3) is 0 Å². The predicted molar refractivity (Wildman–Crippen MR) is 80.0 cm³/mol. The number of rotatable bonds is 4. The first kappa shape index (κ1) is 16.8. The second-order valence-electron chi connectivity index (χ2n) is 4.87. The van der Waals surface area contributed by atoms with Gasteiger partial charge in [0.2, 0.25) is 10.0 Å². The Hall–Kier alpha value is -1.52. The van der Waals surface area contributed by atoms with Gasteiger partial charge in [-0.2, -0.15) is 4.31 Å². The van der Waals surface area contributed by atoms with E-state index in [1.165, 1.54) is 12.1 Å². The molecule has 22 heavy (non-hydrogen) atoms. The number of nitro groups is 1. The molecule has 0 bridgehead atoms. The molecule has 10 heteroatoms. The molecule has 120 valence electrons. The molecule has 0 aromatic heterocycles. The van der Waals surface area contributed by atoms with E-state index in [9.17, 15) is 28.4 Å². The van der Waals surface area contributed by atoms with Crippen molar-refractivity contribution < 1.29 is 23.2 Å². The van der Waals surface area contributed by atoms with Gasteiger partial charge < -0.3 is 5.11 Å². The SMILES string of the molecule is O=C(O)C1CCCCN1S(=O)(=O)c1cc(Br)cc([N+](=O)[O-])c1. The van der Waals surface area contributed by atoms with Crippen molar-refractivity contribution in [3.8, 4) is 0 Å². The van der Waals surface area contributed by atoms with E-state index in [0.717, 1.165) is 10.4 Å². The summed E-state index contributed by atoms with van der Waals surface area (Å²) in [7, 11) is -4.12. The Morgan fingerprint density at radius 2 is 2.05 bits per heavy atom. The summed E-state index contributed by atoms with van der Waals surface area (Å²) in [6.45, 7) is 0.0829. The van der Waals surface area contributed by atoms with Crippen LogP contribution in [0.5, 0.6) is 0 Å². The van der Waals surface area contributed by atoms with Gasteiger partial charge in [-0.25, -0.2) is 8.42 Å². The minimum atomic E-state index is -4.12. The first-order valence-electron chi connectivity index (χ1n) is 6.43. The number of piperidine rings is 1. The summed E-state index contributed by atoms with van der Waals surface area (Å²) < 4.78 is 26.4. The highest BCUT2D eigenvalue weighted by molar-refractivity contribution is 9.10. The van der Waals surface area contributed by atoms with Crippen molar-refractivity contribution in [1.82, 2.24) is 4.31 Å². The Balaban J connectivity index is 2.49. The molecule has 0 amide bonds. The molecule has 1 aliphatic rings. The summed E-state index contributed by atoms with van der Waals surface area (Å²) in [6.07, 6.45) is 1.41. The van der Waals surface area contributed by atoms with E-state index in [1.807, 2.05) is 0 Å². The maximum absolute atomic E-state index is 12.6. The van der Waals surface area contributed by atoms with Gasteiger partial charge in [0, 0.05) is 23.2 Å². The molecular weight excluding hydrogens is 380 g/mol. The van der Waals surface area contributed by atoms with Crippen LogP contribution in [-0.4, -0.2) is 41.3 Å². The molecule has 1 aromatic rings. The first-order chi connectivity index (χ1) is 10.2. The van der Waals surface area contributed by atoms with Gasteiger partial charge in [-0.05, 0) is 25.3 Å². The van der Waals surface area contributed by atoms with Crippen LogP contribution in [0, 0.1) is 10.1 Å². The zero-order chi connectivity index (χ0) is 16.5. The number of hydrogen-bond acceptors (Lipinski definition) is 5. The van der Waals surface area contributed by atoms with E-state index in [4.69, 9.17) is 0 Å². The molecular formula is C12H13BrN2O6S. The molecule has 1 N–H and O–H groups in total. The summed E-state index contributed by atoms with van der Waals surface area (Å²) in [5.74, 6) is -1.22. The van der Waals surface area contributed by atoms with Crippen LogP contribution in [0.3, 0.4) is 0 Å². The zero-order valence-electron chi connectivity index (χ0n) is 11.3. The van der Waals surface area contributed by atoms with Gasteiger partial charge in [0.25, 0.3) is 5.69 Å².